The molecule has 0 bridgehead atoms. The van der Waals surface area contributed by atoms with E-state index in [0.29, 0.717) is 12.6 Å². The summed E-state index contributed by atoms with van der Waals surface area (Å²) in [5.41, 5.74) is 0.946. The van der Waals surface area contributed by atoms with Crippen LogP contribution in [-0.4, -0.2) is 11.9 Å². The van der Waals surface area contributed by atoms with Crippen molar-refractivity contribution in [2.24, 2.45) is 0 Å². The van der Waals surface area contributed by atoms with Crippen LogP contribution in [-0.2, 0) is 0 Å². The van der Waals surface area contributed by atoms with E-state index in [2.05, 4.69) is 5.27 Å². The van der Waals surface area contributed by atoms with Gasteiger partial charge in [0.25, 0.3) is 6.20 Å². The molecule has 0 unspecified atom stereocenters. The SMILES string of the molecule is CCOc1c[n+](-c2ccccc2)no1. The second-order valence-corrected chi connectivity index (χ2v) is 2.73. The Morgan fingerprint density at radius 2 is 2.14 bits per heavy atom. The van der Waals surface area contributed by atoms with Gasteiger partial charge in [-0.05, 0) is 11.6 Å². The van der Waals surface area contributed by atoms with Crippen LogP contribution in [0.1, 0.15) is 6.92 Å². The zero-order valence-corrected chi connectivity index (χ0v) is 7.88. The summed E-state index contributed by atoms with van der Waals surface area (Å²) in [6.45, 7) is 2.47. The third kappa shape index (κ3) is 1.74. The number of rotatable bonds is 3. The van der Waals surface area contributed by atoms with E-state index in [4.69, 9.17) is 9.26 Å². The van der Waals surface area contributed by atoms with Gasteiger partial charge >= 0.3 is 5.95 Å². The summed E-state index contributed by atoms with van der Waals surface area (Å²) >= 11 is 0. The number of para-hydroxylation sites is 1. The van der Waals surface area contributed by atoms with E-state index < -0.39 is 0 Å². The fourth-order valence-corrected chi connectivity index (χ4v) is 1.14. The zero-order chi connectivity index (χ0) is 9.80. The molecule has 2 rings (SSSR count). The van der Waals surface area contributed by atoms with Crippen molar-refractivity contribution in [1.82, 2.24) is 5.27 Å². The van der Waals surface area contributed by atoms with Crippen molar-refractivity contribution in [2.75, 3.05) is 6.61 Å². The van der Waals surface area contributed by atoms with Crippen molar-refractivity contribution < 1.29 is 13.9 Å². The van der Waals surface area contributed by atoms with Crippen molar-refractivity contribution in [1.29, 1.82) is 0 Å². The van der Waals surface area contributed by atoms with E-state index in [-0.39, 0.29) is 0 Å². The van der Waals surface area contributed by atoms with Gasteiger partial charge in [-0.2, -0.15) is 0 Å². The molecule has 0 aliphatic rings. The molecule has 0 saturated heterocycles. The summed E-state index contributed by atoms with van der Waals surface area (Å²) in [7, 11) is 0. The molecule has 0 amide bonds. The molecule has 0 saturated carbocycles. The van der Waals surface area contributed by atoms with Gasteiger partial charge in [-0.25, -0.2) is 0 Å². The van der Waals surface area contributed by atoms with Crippen LogP contribution in [0.15, 0.2) is 41.1 Å². The van der Waals surface area contributed by atoms with Gasteiger partial charge in [-0.15, -0.1) is 0 Å². The summed E-state index contributed by atoms with van der Waals surface area (Å²) in [5, 5.41) is 3.82. The Bertz CT molecular complexity index is 398. The molecule has 2 aromatic rings. The first-order valence-electron chi connectivity index (χ1n) is 4.47. The number of benzene rings is 1. The molecule has 4 nitrogen and oxygen atoms in total. The average Bonchev–Trinajstić information content (AvgIpc) is 2.68. The molecule has 0 aliphatic carbocycles. The van der Waals surface area contributed by atoms with Gasteiger partial charge in [-0.3, -0.25) is 4.52 Å². The second-order valence-electron chi connectivity index (χ2n) is 2.73. The monoisotopic (exact) mass is 191 g/mol. The van der Waals surface area contributed by atoms with Gasteiger partial charge in [0.1, 0.15) is 0 Å². The number of ether oxygens (including phenoxy) is 1. The van der Waals surface area contributed by atoms with Crippen LogP contribution in [0, 0.1) is 0 Å². The van der Waals surface area contributed by atoms with E-state index in [9.17, 15) is 0 Å². The van der Waals surface area contributed by atoms with Crippen LogP contribution in [0.4, 0.5) is 0 Å². The third-order valence-electron chi connectivity index (χ3n) is 1.75. The third-order valence-corrected chi connectivity index (χ3v) is 1.75. The van der Waals surface area contributed by atoms with Crippen LogP contribution in [0.2, 0.25) is 0 Å². The maximum Gasteiger partial charge on any atom is 0.383 e. The largest absolute Gasteiger partial charge is 0.460 e. The standard InChI is InChI=1S/C10H11N2O2/c1-2-13-10-8-12(11-14-10)9-6-4-3-5-7-9/h3-8H,2H2,1H3/q+1. The molecule has 0 atom stereocenters. The van der Waals surface area contributed by atoms with Gasteiger partial charge in [-0.1, -0.05) is 18.2 Å². The lowest BCUT2D eigenvalue weighted by Gasteiger charge is -1.88. The quantitative estimate of drug-likeness (QED) is 0.687. The molecule has 0 radical (unpaired) electrons. The number of aromatic nitrogens is 2. The maximum atomic E-state index is 5.16. The summed E-state index contributed by atoms with van der Waals surface area (Å²) in [4.78, 5) is 0. The Hall–Kier alpha value is -1.84. The van der Waals surface area contributed by atoms with Gasteiger partial charge in [0.15, 0.2) is 0 Å². The molecule has 1 aromatic heterocycles. The Morgan fingerprint density at radius 3 is 2.86 bits per heavy atom. The normalized spacial score (nSPS) is 10.1. The first-order chi connectivity index (χ1) is 6.90. The minimum atomic E-state index is 0.427. The first-order valence-corrected chi connectivity index (χ1v) is 4.47. The molecular weight excluding hydrogens is 180 g/mol. The Kier molecular flexibility index (Phi) is 2.44. The molecule has 4 heteroatoms. The predicted molar refractivity (Wildman–Crippen MR) is 49.2 cm³/mol. The highest BCUT2D eigenvalue weighted by Crippen LogP contribution is 2.06. The highest BCUT2D eigenvalue weighted by molar-refractivity contribution is 5.20. The van der Waals surface area contributed by atoms with Crippen LogP contribution in [0.3, 0.4) is 0 Å². The van der Waals surface area contributed by atoms with Gasteiger partial charge in [0.05, 0.1) is 6.61 Å². The van der Waals surface area contributed by atoms with E-state index in [1.54, 1.807) is 10.9 Å². The van der Waals surface area contributed by atoms with Gasteiger partial charge in [0.2, 0.25) is 11.0 Å². The van der Waals surface area contributed by atoms with Gasteiger partial charge in [0, 0.05) is 12.1 Å². The Balaban J connectivity index is 2.25. The number of nitrogens with zero attached hydrogens (tertiary/aromatic N) is 2. The second kappa shape index (κ2) is 3.91. The van der Waals surface area contributed by atoms with E-state index in [1.807, 2.05) is 37.3 Å². The van der Waals surface area contributed by atoms with E-state index in [0.717, 1.165) is 5.69 Å². The van der Waals surface area contributed by atoms with Crippen molar-refractivity contribution >= 4 is 0 Å². The predicted octanol–water partition coefficient (Wildman–Crippen LogP) is 1.35. The molecule has 14 heavy (non-hydrogen) atoms. The number of hydrogen-bond acceptors (Lipinski definition) is 3. The van der Waals surface area contributed by atoms with Gasteiger partial charge < -0.3 is 4.74 Å². The molecule has 72 valence electrons. The first kappa shape index (κ1) is 8.74. The highest BCUT2D eigenvalue weighted by Gasteiger charge is 2.14. The highest BCUT2D eigenvalue weighted by atomic mass is 16.6. The van der Waals surface area contributed by atoms with Crippen LogP contribution in [0.25, 0.3) is 5.69 Å². The minimum absolute atomic E-state index is 0.427. The minimum Gasteiger partial charge on any atom is -0.460 e. The van der Waals surface area contributed by atoms with Crippen molar-refractivity contribution in [3.8, 4) is 11.6 Å². The fraction of sp³-hybridized carbons (Fsp3) is 0.200. The van der Waals surface area contributed by atoms with E-state index >= 15 is 0 Å². The van der Waals surface area contributed by atoms with Crippen molar-refractivity contribution in [2.45, 2.75) is 6.92 Å². The lowest BCUT2D eigenvalue weighted by Crippen LogP contribution is -2.31. The lowest BCUT2D eigenvalue weighted by molar-refractivity contribution is -0.670. The lowest BCUT2D eigenvalue weighted by atomic mass is 10.3. The van der Waals surface area contributed by atoms with Crippen LogP contribution in [0.5, 0.6) is 5.95 Å². The summed E-state index contributed by atoms with van der Waals surface area (Å²) in [5.74, 6) is 0.427. The van der Waals surface area contributed by atoms with Crippen molar-refractivity contribution in [3.05, 3.63) is 36.5 Å². The summed E-state index contributed by atoms with van der Waals surface area (Å²) in [6.07, 6.45) is 1.71. The molecule has 0 aliphatic heterocycles. The molecule has 0 fully saturated rings. The molecule has 1 heterocycles. The Morgan fingerprint density at radius 1 is 1.36 bits per heavy atom. The fourth-order valence-electron chi connectivity index (χ4n) is 1.14. The molecular formula is C10H11N2O2+. The zero-order valence-electron chi connectivity index (χ0n) is 7.88. The Labute approximate surface area is 81.7 Å². The molecule has 0 N–H and O–H groups in total. The molecule has 1 aromatic carbocycles. The summed E-state index contributed by atoms with van der Waals surface area (Å²) in [6, 6.07) is 9.72. The van der Waals surface area contributed by atoms with E-state index in [1.165, 1.54) is 0 Å². The number of hydrogen-bond donors (Lipinski definition) is 0. The molecule has 0 spiro atoms. The van der Waals surface area contributed by atoms with Crippen LogP contribution < -0.4 is 9.42 Å². The van der Waals surface area contributed by atoms with Crippen LogP contribution >= 0.6 is 0 Å². The summed E-state index contributed by atoms with van der Waals surface area (Å²) < 4.78 is 11.7. The van der Waals surface area contributed by atoms with Crippen molar-refractivity contribution in [3.63, 3.8) is 0 Å². The average molecular weight is 191 g/mol. The topological polar surface area (TPSA) is 39.1 Å². The smallest absolute Gasteiger partial charge is 0.383 e. The maximum absolute atomic E-state index is 5.16.